The van der Waals surface area contributed by atoms with E-state index in [9.17, 15) is 4.79 Å². The third kappa shape index (κ3) is 7.02. The molecule has 2 N–H and O–H groups in total. The van der Waals surface area contributed by atoms with Crippen molar-refractivity contribution in [1.82, 2.24) is 20.7 Å². The van der Waals surface area contributed by atoms with Crippen LogP contribution in [-0.2, 0) is 11.3 Å². The minimum absolute atomic E-state index is 0.0441. The van der Waals surface area contributed by atoms with Crippen molar-refractivity contribution in [3.05, 3.63) is 17.5 Å². The summed E-state index contributed by atoms with van der Waals surface area (Å²) < 4.78 is 5.30. The Morgan fingerprint density at radius 3 is 2.58 bits per heavy atom. The van der Waals surface area contributed by atoms with E-state index in [1.807, 2.05) is 40.8 Å². The van der Waals surface area contributed by atoms with Gasteiger partial charge in [0.1, 0.15) is 6.54 Å². The number of carbonyl (C=O) groups excluding carboxylic acids is 1. The number of hydrogen-bond acceptors (Lipinski definition) is 4. The topological polar surface area (TPSA) is 82.8 Å². The molecule has 0 atom stereocenters. The van der Waals surface area contributed by atoms with Gasteiger partial charge in [-0.05, 0) is 33.6 Å². The lowest BCUT2D eigenvalue weighted by molar-refractivity contribution is -0.122. The fourth-order valence-electron chi connectivity index (χ4n) is 2.05. The van der Waals surface area contributed by atoms with Gasteiger partial charge >= 0.3 is 0 Å². The maximum Gasteiger partial charge on any atom is 0.240 e. The molecule has 0 unspecified atom stereocenters. The van der Waals surface area contributed by atoms with Crippen LogP contribution in [0.3, 0.4) is 0 Å². The minimum atomic E-state index is -0.250. The summed E-state index contributed by atoms with van der Waals surface area (Å²) in [4.78, 5) is 18.4. The van der Waals surface area contributed by atoms with Crippen LogP contribution >= 0.6 is 0 Å². The molecule has 0 saturated heterocycles. The van der Waals surface area contributed by atoms with Gasteiger partial charge in [0.25, 0.3) is 0 Å². The van der Waals surface area contributed by atoms with E-state index in [1.54, 1.807) is 4.90 Å². The summed E-state index contributed by atoms with van der Waals surface area (Å²) in [6.07, 6.45) is 0. The smallest absolute Gasteiger partial charge is 0.240 e. The van der Waals surface area contributed by atoms with E-state index in [2.05, 4.69) is 34.6 Å². The second-order valence-electron chi connectivity index (χ2n) is 7.20. The van der Waals surface area contributed by atoms with E-state index in [-0.39, 0.29) is 18.0 Å². The van der Waals surface area contributed by atoms with Gasteiger partial charge in [-0.25, -0.2) is 4.99 Å². The first kappa shape index (κ1) is 20.0. The van der Waals surface area contributed by atoms with Gasteiger partial charge in [-0.2, -0.15) is 0 Å². The lowest BCUT2D eigenvalue weighted by Crippen LogP contribution is -2.48. The Balaban J connectivity index is 2.71. The molecule has 0 aliphatic carbocycles. The maximum absolute atomic E-state index is 12.1. The molecule has 0 aliphatic heterocycles. The van der Waals surface area contributed by atoms with Crippen molar-refractivity contribution < 1.29 is 9.32 Å². The Morgan fingerprint density at radius 1 is 1.42 bits per heavy atom. The zero-order valence-electron chi connectivity index (χ0n) is 15.9. The van der Waals surface area contributed by atoms with Crippen LogP contribution in [-0.4, -0.2) is 47.6 Å². The van der Waals surface area contributed by atoms with Crippen molar-refractivity contribution in [1.29, 1.82) is 0 Å². The Hall–Kier alpha value is -2.05. The Labute approximate surface area is 144 Å². The zero-order chi connectivity index (χ0) is 18.3. The highest BCUT2D eigenvalue weighted by molar-refractivity contribution is 5.86. The van der Waals surface area contributed by atoms with Crippen molar-refractivity contribution in [2.24, 2.45) is 4.99 Å². The van der Waals surface area contributed by atoms with Crippen LogP contribution < -0.4 is 10.6 Å². The van der Waals surface area contributed by atoms with Gasteiger partial charge in [0.05, 0.1) is 12.2 Å². The van der Waals surface area contributed by atoms with E-state index in [1.165, 1.54) is 0 Å². The number of nitrogens with zero attached hydrogens (tertiary/aromatic N) is 3. The normalized spacial score (nSPS) is 12.4. The van der Waals surface area contributed by atoms with Gasteiger partial charge < -0.3 is 20.1 Å². The summed E-state index contributed by atoms with van der Waals surface area (Å²) in [5.74, 6) is 1.64. The van der Waals surface area contributed by atoms with Crippen LogP contribution in [0.5, 0.6) is 0 Å². The fourth-order valence-corrected chi connectivity index (χ4v) is 2.05. The number of aromatic nitrogens is 1. The van der Waals surface area contributed by atoms with E-state index >= 15 is 0 Å². The van der Waals surface area contributed by atoms with Gasteiger partial charge in [-0.1, -0.05) is 19.0 Å². The van der Waals surface area contributed by atoms with Crippen LogP contribution in [0.15, 0.2) is 15.6 Å². The van der Waals surface area contributed by atoms with Crippen LogP contribution in [0.4, 0.5) is 0 Å². The molecule has 1 amide bonds. The average Bonchev–Trinajstić information content (AvgIpc) is 2.90. The molecule has 24 heavy (non-hydrogen) atoms. The number of aliphatic imine (C=N–C) groups is 1. The molecule has 1 aromatic heterocycles. The highest BCUT2D eigenvalue weighted by atomic mass is 16.5. The quantitative estimate of drug-likeness (QED) is 0.614. The van der Waals surface area contributed by atoms with E-state index in [0.717, 1.165) is 12.2 Å². The largest absolute Gasteiger partial charge is 0.359 e. The van der Waals surface area contributed by atoms with Crippen molar-refractivity contribution in [3.8, 4) is 0 Å². The highest BCUT2D eigenvalue weighted by Gasteiger charge is 2.17. The second-order valence-corrected chi connectivity index (χ2v) is 7.20. The third-order valence-electron chi connectivity index (χ3n) is 3.15. The number of guanidine groups is 1. The Morgan fingerprint density at radius 2 is 2.08 bits per heavy atom. The number of carbonyl (C=O) groups is 1. The molecular weight excluding hydrogens is 306 g/mol. The number of amides is 1. The van der Waals surface area contributed by atoms with Gasteiger partial charge in [-0.15, -0.1) is 0 Å². The summed E-state index contributed by atoms with van der Waals surface area (Å²) in [5.41, 5.74) is 0.670. The molecule has 0 aliphatic rings. The lowest BCUT2D eigenvalue weighted by Gasteiger charge is -2.25. The summed E-state index contributed by atoms with van der Waals surface area (Å²) in [6.45, 7) is 13.3. The summed E-state index contributed by atoms with van der Waals surface area (Å²) in [6, 6.07) is 1.92. The molecule has 0 aromatic carbocycles. The standard InChI is InChI=1S/C17H31N5O2/c1-8-18-16(22(7)11-15(23)20-17(4,5)6)19-10-13-9-14(12(2)3)21-24-13/h9,12H,8,10-11H2,1-7H3,(H,18,19)(H,20,23). The van der Waals surface area contributed by atoms with Crippen molar-refractivity contribution >= 4 is 11.9 Å². The zero-order valence-corrected chi connectivity index (χ0v) is 15.9. The summed E-state index contributed by atoms with van der Waals surface area (Å²) in [5, 5.41) is 10.2. The molecule has 0 bridgehead atoms. The highest BCUT2D eigenvalue weighted by Crippen LogP contribution is 2.14. The molecule has 1 rings (SSSR count). The van der Waals surface area contributed by atoms with Gasteiger partial charge in [0, 0.05) is 25.2 Å². The molecule has 0 saturated carbocycles. The van der Waals surface area contributed by atoms with Gasteiger partial charge in [0.2, 0.25) is 5.91 Å². The predicted octanol–water partition coefficient (Wildman–Crippen LogP) is 2.11. The molecule has 1 heterocycles. The predicted molar refractivity (Wildman–Crippen MR) is 95.9 cm³/mol. The van der Waals surface area contributed by atoms with Crippen LogP contribution in [0, 0.1) is 0 Å². The second kappa shape index (κ2) is 8.70. The van der Waals surface area contributed by atoms with Crippen LogP contribution in [0.25, 0.3) is 0 Å². The molecule has 136 valence electrons. The minimum Gasteiger partial charge on any atom is -0.359 e. The molecule has 7 nitrogen and oxygen atoms in total. The summed E-state index contributed by atoms with van der Waals surface area (Å²) in [7, 11) is 1.84. The number of likely N-dealkylation sites (N-methyl/N-ethyl adjacent to an activating group) is 1. The lowest BCUT2D eigenvalue weighted by atomic mass is 10.1. The first-order valence-electron chi connectivity index (χ1n) is 8.38. The maximum atomic E-state index is 12.1. The third-order valence-corrected chi connectivity index (χ3v) is 3.15. The van der Waals surface area contributed by atoms with E-state index < -0.39 is 0 Å². The monoisotopic (exact) mass is 337 g/mol. The summed E-state index contributed by atoms with van der Waals surface area (Å²) >= 11 is 0. The van der Waals surface area contributed by atoms with Crippen LogP contribution in [0.1, 0.15) is 58.9 Å². The van der Waals surface area contributed by atoms with Crippen molar-refractivity contribution in [2.45, 2.75) is 59.5 Å². The van der Waals surface area contributed by atoms with E-state index in [0.29, 0.717) is 24.2 Å². The SMILES string of the molecule is CCNC(=NCc1cc(C(C)C)no1)N(C)CC(=O)NC(C)(C)C. The van der Waals surface area contributed by atoms with Gasteiger partial charge in [-0.3, -0.25) is 4.79 Å². The van der Waals surface area contributed by atoms with E-state index in [4.69, 9.17) is 4.52 Å². The number of nitrogens with one attached hydrogen (secondary N) is 2. The molecule has 7 heteroatoms. The fraction of sp³-hybridized carbons (Fsp3) is 0.706. The Kier molecular flexibility index (Phi) is 7.25. The first-order chi connectivity index (χ1) is 11.1. The number of rotatable bonds is 6. The van der Waals surface area contributed by atoms with Crippen molar-refractivity contribution in [2.75, 3.05) is 20.1 Å². The molecule has 1 aromatic rings. The Bertz CT molecular complexity index is 558. The first-order valence-corrected chi connectivity index (χ1v) is 8.38. The van der Waals surface area contributed by atoms with Gasteiger partial charge in [0.15, 0.2) is 11.7 Å². The molecule has 0 fully saturated rings. The molecule has 0 spiro atoms. The average molecular weight is 337 g/mol. The van der Waals surface area contributed by atoms with Crippen LogP contribution in [0.2, 0.25) is 0 Å². The number of hydrogen-bond donors (Lipinski definition) is 2. The van der Waals surface area contributed by atoms with Crippen molar-refractivity contribution in [3.63, 3.8) is 0 Å². The molecule has 0 radical (unpaired) electrons. The molecular formula is C17H31N5O2.